The first kappa shape index (κ1) is 13.7. The maximum atomic E-state index is 8.59. The lowest BCUT2D eigenvalue weighted by Gasteiger charge is -2.21. The van der Waals surface area contributed by atoms with Crippen LogP contribution in [0.3, 0.4) is 0 Å². The van der Waals surface area contributed by atoms with Crippen LogP contribution in [0, 0.1) is 0 Å². The minimum Gasteiger partial charge on any atom is -0.409 e. The van der Waals surface area contributed by atoms with Gasteiger partial charge < -0.3 is 15.8 Å². The summed E-state index contributed by atoms with van der Waals surface area (Å²) in [5.41, 5.74) is 6.94. The summed E-state index contributed by atoms with van der Waals surface area (Å²) in [7, 11) is 0. The van der Waals surface area contributed by atoms with Crippen molar-refractivity contribution in [3.05, 3.63) is 48.2 Å². The second kappa shape index (κ2) is 6.46. The van der Waals surface area contributed by atoms with Gasteiger partial charge in [0.25, 0.3) is 0 Å². The van der Waals surface area contributed by atoms with Crippen LogP contribution in [0.4, 0.5) is 5.82 Å². The topological polar surface area (TPSA) is 101 Å². The molecule has 0 fully saturated rings. The molecule has 0 atom stereocenters. The molecule has 0 bridgehead atoms. The number of anilines is 1. The standard InChI is InChI=1S/C13H16N6O/c1-2-19(9-10-3-5-15-6-4-10)12-8-16-11(7-17-12)13(14)18-20/h3-8,20H,2,9H2,1H3,(H2,14,18). The molecule has 0 aromatic carbocycles. The van der Waals surface area contributed by atoms with E-state index in [9.17, 15) is 0 Å². The van der Waals surface area contributed by atoms with Gasteiger partial charge in [0, 0.05) is 25.5 Å². The van der Waals surface area contributed by atoms with Gasteiger partial charge in [-0.25, -0.2) is 9.97 Å². The molecule has 2 aromatic heterocycles. The van der Waals surface area contributed by atoms with E-state index in [1.54, 1.807) is 18.6 Å². The normalized spacial score (nSPS) is 11.3. The second-order valence-electron chi connectivity index (χ2n) is 4.11. The third-order valence-electron chi connectivity index (χ3n) is 2.84. The molecule has 0 unspecified atom stereocenters. The quantitative estimate of drug-likeness (QED) is 0.364. The minimum absolute atomic E-state index is 0.0544. The number of rotatable bonds is 5. The third-order valence-corrected chi connectivity index (χ3v) is 2.84. The summed E-state index contributed by atoms with van der Waals surface area (Å²) >= 11 is 0. The Bertz CT molecular complexity index is 569. The Morgan fingerprint density at radius 2 is 2.05 bits per heavy atom. The predicted octanol–water partition coefficient (Wildman–Crippen LogP) is 0.993. The molecule has 2 aromatic rings. The fraction of sp³-hybridized carbons (Fsp3) is 0.231. The minimum atomic E-state index is -0.0544. The Labute approximate surface area is 116 Å². The Balaban J connectivity index is 2.16. The zero-order valence-electron chi connectivity index (χ0n) is 11.1. The highest BCUT2D eigenvalue weighted by molar-refractivity contribution is 5.94. The molecule has 0 saturated carbocycles. The Kier molecular flexibility index (Phi) is 4.43. The lowest BCUT2D eigenvalue weighted by atomic mass is 10.2. The van der Waals surface area contributed by atoms with E-state index < -0.39 is 0 Å². The van der Waals surface area contributed by atoms with Crippen molar-refractivity contribution in [2.75, 3.05) is 11.4 Å². The molecule has 0 amide bonds. The number of oxime groups is 1. The summed E-state index contributed by atoms with van der Waals surface area (Å²) in [4.78, 5) is 14.5. The molecule has 2 rings (SSSR count). The van der Waals surface area contributed by atoms with Gasteiger partial charge in [-0.2, -0.15) is 0 Å². The van der Waals surface area contributed by atoms with E-state index in [4.69, 9.17) is 10.9 Å². The first-order valence-electron chi connectivity index (χ1n) is 6.18. The molecule has 0 aliphatic heterocycles. The van der Waals surface area contributed by atoms with Crippen LogP contribution in [-0.4, -0.2) is 32.5 Å². The smallest absolute Gasteiger partial charge is 0.190 e. The first-order chi connectivity index (χ1) is 9.74. The van der Waals surface area contributed by atoms with Gasteiger partial charge in [-0.1, -0.05) is 5.16 Å². The van der Waals surface area contributed by atoms with Gasteiger partial charge in [0.1, 0.15) is 11.5 Å². The van der Waals surface area contributed by atoms with Gasteiger partial charge in [0.2, 0.25) is 0 Å². The highest BCUT2D eigenvalue weighted by Crippen LogP contribution is 2.12. The monoisotopic (exact) mass is 272 g/mol. The number of nitrogens with two attached hydrogens (primary N) is 1. The molecule has 0 aliphatic rings. The first-order valence-corrected chi connectivity index (χ1v) is 6.18. The number of amidine groups is 1. The number of hydrogen-bond donors (Lipinski definition) is 2. The molecule has 0 saturated heterocycles. The summed E-state index contributed by atoms with van der Waals surface area (Å²) in [5.74, 6) is 0.681. The maximum absolute atomic E-state index is 8.59. The van der Waals surface area contributed by atoms with Crippen molar-refractivity contribution < 1.29 is 5.21 Å². The highest BCUT2D eigenvalue weighted by Gasteiger charge is 2.08. The Hall–Kier alpha value is -2.70. The van der Waals surface area contributed by atoms with Gasteiger partial charge in [-0.3, -0.25) is 4.98 Å². The van der Waals surface area contributed by atoms with E-state index in [0.717, 1.165) is 24.5 Å². The number of nitrogens with zero attached hydrogens (tertiary/aromatic N) is 5. The van der Waals surface area contributed by atoms with Crippen LogP contribution in [0.2, 0.25) is 0 Å². The zero-order valence-corrected chi connectivity index (χ0v) is 11.1. The molecule has 0 radical (unpaired) electrons. The Morgan fingerprint density at radius 1 is 1.30 bits per heavy atom. The number of aromatic nitrogens is 3. The molecule has 104 valence electrons. The van der Waals surface area contributed by atoms with Crippen LogP contribution in [0.25, 0.3) is 0 Å². The van der Waals surface area contributed by atoms with Gasteiger partial charge in [-0.15, -0.1) is 0 Å². The van der Waals surface area contributed by atoms with Crippen molar-refractivity contribution >= 4 is 11.7 Å². The molecule has 7 heteroatoms. The van der Waals surface area contributed by atoms with Crippen molar-refractivity contribution in [2.45, 2.75) is 13.5 Å². The number of pyridine rings is 1. The zero-order chi connectivity index (χ0) is 14.4. The molecular formula is C13H16N6O. The molecule has 20 heavy (non-hydrogen) atoms. The van der Waals surface area contributed by atoms with E-state index in [2.05, 4.69) is 25.0 Å². The largest absolute Gasteiger partial charge is 0.409 e. The lowest BCUT2D eigenvalue weighted by molar-refractivity contribution is 0.318. The fourth-order valence-electron chi connectivity index (χ4n) is 1.73. The van der Waals surface area contributed by atoms with Gasteiger partial charge >= 0.3 is 0 Å². The van der Waals surface area contributed by atoms with E-state index in [1.807, 2.05) is 19.1 Å². The number of hydrogen-bond acceptors (Lipinski definition) is 6. The predicted molar refractivity (Wildman–Crippen MR) is 75.5 cm³/mol. The molecular weight excluding hydrogens is 256 g/mol. The summed E-state index contributed by atoms with van der Waals surface area (Å²) in [5, 5.41) is 11.5. The van der Waals surface area contributed by atoms with Crippen LogP contribution in [0.15, 0.2) is 42.1 Å². The van der Waals surface area contributed by atoms with Gasteiger partial charge in [0.05, 0.1) is 12.4 Å². The van der Waals surface area contributed by atoms with Crippen molar-refractivity contribution in [2.24, 2.45) is 10.9 Å². The SMILES string of the molecule is CCN(Cc1ccncc1)c1cnc(C(N)=NO)cn1. The molecule has 3 N–H and O–H groups in total. The summed E-state index contributed by atoms with van der Waals surface area (Å²) in [6.45, 7) is 3.55. The molecule has 0 spiro atoms. The molecule has 2 heterocycles. The van der Waals surface area contributed by atoms with Crippen LogP contribution < -0.4 is 10.6 Å². The van der Waals surface area contributed by atoms with E-state index in [-0.39, 0.29) is 5.84 Å². The molecule has 0 aliphatic carbocycles. The second-order valence-corrected chi connectivity index (χ2v) is 4.11. The maximum Gasteiger partial charge on any atom is 0.190 e. The van der Waals surface area contributed by atoms with Gasteiger partial charge in [-0.05, 0) is 24.6 Å². The van der Waals surface area contributed by atoms with Crippen LogP contribution in [-0.2, 0) is 6.54 Å². The van der Waals surface area contributed by atoms with Gasteiger partial charge in [0.15, 0.2) is 5.84 Å². The fourth-order valence-corrected chi connectivity index (χ4v) is 1.73. The van der Waals surface area contributed by atoms with E-state index in [1.165, 1.54) is 6.20 Å². The average Bonchev–Trinajstić information content (AvgIpc) is 2.53. The van der Waals surface area contributed by atoms with Crippen molar-refractivity contribution in [3.8, 4) is 0 Å². The van der Waals surface area contributed by atoms with Crippen LogP contribution in [0.5, 0.6) is 0 Å². The highest BCUT2D eigenvalue weighted by atomic mass is 16.4. The Morgan fingerprint density at radius 3 is 2.60 bits per heavy atom. The van der Waals surface area contributed by atoms with Crippen LogP contribution >= 0.6 is 0 Å². The lowest BCUT2D eigenvalue weighted by Crippen LogP contribution is -2.24. The van der Waals surface area contributed by atoms with E-state index in [0.29, 0.717) is 5.69 Å². The average molecular weight is 272 g/mol. The van der Waals surface area contributed by atoms with Crippen molar-refractivity contribution in [1.82, 2.24) is 15.0 Å². The van der Waals surface area contributed by atoms with Crippen molar-refractivity contribution in [3.63, 3.8) is 0 Å². The van der Waals surface area contributed by atoms with E-state index >= 15 is 0 Å². The summed E-state index contributed by atoms with van der Waals surface area (Å²) < 4.78 is 0. The van der Waals surface area contributed by atoms with Crippen molar-refractivity contribution in [1.29, 1.82) is 0 Å². The third kappa shape index (κ3) is 3.19. The summed E-state index contributed by atoms with van der Waals surface area (Å²) in [6.07, 6.45) is 6.62. The summed E-state index contributed by atoms with van der Waals surface area (Å²) in [6, 6.07) is 3.92. The van der Waals surface area contributed by atoms with Crippen LogP contribution in [0.1, 0.15) is 18.2 Å². The molecule has 7 nitrogen and oxygen atoms in total.